The Morgan fingerprint density at radius 3 is 2.67 bits per heavy atom. The number of hydrogen-bond donors (Lipinski definition) is 1. The number of nitrogens with zero attached hydrogens (tertiary/aromatic N) is 1. The fourth-order valence-electron chi connectivity index (χ4n) is 1.10. The summed E-state index contributed by atoms with van der Waals surface area (Å²) in [6, 6.07) is 1.41. The van der Waals surface area contributed by atoms with E-state index in [1.807, 2.05) is 0 Å². The lowest BCUT2D eigenvalue weighted by Gasteiger charge is -2.18. The molecule has 0 fully saturated rings. The van der Waals surface area contributed by atoms with Crippen molar-refractivity contribution in [2.24, 2.45) is 5.41 Å². The molecule has 0 spiro atoms. The molecule has 1 N–H and O–H groups in total. The molecule has 0 aliphatic heterocycles. The highest BCUT2D eigenvalue weighted by molar-refractivity contribution is 9.10. The van der Waals surface area contributed by atoms with Gasteiger partial charge in [-0.05, 0) is 33.8 Å². The summed E-state index contributed by atoms with van der Waals surface area (Å²) >= 11 is 3.17. The summed E-state index contributed by atoms with van der Waals surface area (Å²) in [6.07, 6.45) is 2.56. The van der Waals surface area contributed by atoms with Crippen molar-refractivity contribution in [1.82, 2.24) is 4.98 Å². The minimum absolute atomic E-state index is 0.249. The van der Waals surface area contributed by atoms with E-state index in [-0.39, 0.29) is 11.2 Å². The van der Waals surface area contributed by atoms with Gasteiger partial charge in [0.1, 0.15) is 0 Å². The average molecular weight is 275 g/mol. The molecule has 2 nitrogen and oxygen atoms in total. The van der Waals surface area contributed by atoms with Gasteiger partial charge in [0.05, 0.1) is 0 Å². The van der Waals surface area contributed by atoms with Crippen LogP contribution >= 0.6 is 15.9 Å². The normalized spacial score (nSPS) is 11.5. The molecule has 0 aliphatic carbocycles. The van der Waals surface area contributed by atoms with Crippen LogP contribution in [0.25, 0.3) is 0 Å². The Bertz CT molecular complexity index is 334. The fraction of sp³-hybridized carbons (Fsp3) is 0.545. The zero-order valence-corrected chi connectivity index (χ0v) is 10.9. The van der Waals surface area contributed by atoms with Crippen molar-refractivity contribution >= 4 is 21.7 Å². The van der Waals surface area contributed by atoms with Crippen LogP contribution in [0.5, 0.6) is 0 Å². The molecule has 0 unspecified atom stereocenters. The first-order chi connectivity index (χ1) is 6.88. The van der Waals surface area contributed by atoms with Crippen LogP contribution < -0.4 is 5.32 Å². The number of aromatic nitrogens is 1. The summed E-state index contributed by atoms with van der Waals surface area (Å²) in [5.41, 5.74) is 0.249. The molecule has 0 aliphatic rings. The van der Waals surface area contributed by atoms with Crippen LogP contribution in [0.1, 0.15) is 27.2 Å². The van der Waals surface area contributed by atoms with Crippen molar-refractivity contribution in [2.45, 2.75) is 27.2 Å². The van der Waals surface area contributed by atoms with Gasteiger partial charge >= 0.3 is 0 Å². The van der Waals surface area contributed by atoms with Crippen LogP contribution in [0, 0.1) is 11.2 Å². The van der Waals surface area contributed by atoms with Crippen LogP contribution in [0.4, 0.5) is 10.2 Å². The maximum Gasteiger partial charge on any atom is 0.166 e. The minimum Gasteiger partial charge on any atom is -0.368 e. The lowest BCUT2D eigenvalue weighted by atomic mass is 9.92. The molecule has 0 saturated carbocycles. The maximum atomic E-state index is 13.3. The van der Waals surface area contributed by atoms with Crippen molar-refractivity contribution in [3.8, 4) is 0 Å². The SMILES string of the molecule is CC(C)(C)CCNc1ncc(Br)cc1F. The van der Waals surface area contributed by atoms with E-state index in [0.717, 1.165) is 13.0 Å². The van der Waals surface area contributed by atoms with E-state index in [2.05, 4.69) is 47.0 Å². The zero-order chi connectivity index (χ0) is 11.5. The molecule has 0 amide bonds. The Labute approximate surface area is 98.4 Å². The third kappa shape index (κ3) is 4.60. The predicted octanol–water partition coefficient (Wildman–Crippen LogP) is 3.83. The van der Waals surface area contributed by atoms with Gasteiger partial charge in [-0.1, -0.05) is 20.8 Å². The van der Waals surface area contributed by atoms with E-state index in [1.165, 1.54) is 6.07 Å². The molecule has 0 radical (unpaired) electrons. The number of rotatable bonds is 3. The standard InChI is InChI=1S/C11H16BrFN2/c1-11(2,3)4-5-14-10-9(13)6-8(12)7-15-10/h6-7H,4-5H2,1-3H3,(H,14,15). The Kier molecular flexibility index (Phi) is 4.08. The molecule has 1 rings (SSSR count). The Balaban J connectivity index is 2.51. The van der Waals surface area contributed by atoms with Gasteiger partial charge in [-0.15, -0.1) is 0 Å². The largest absolute Gasteiger partial charge is 0.368 e. The molecular formula is C11H16BrFN2. The third-order valence-electron chi connectivity index (χ3n) is 1.98. The number of anilines is 1. The van der Waals surface area contributed by atoms with Crippen molar-refractivity contribution in [1.29, 1.82) is 0 Å². The Morgan fingerprint density at radius 1 is 1.47 bits per heavy atom. The summed E-state index contributed by atoms with van der Waals surface area (Å²) < 4.78 is 14.0. The summed E-state index contributed by atoms with van der Waals surface area (Å²) in [7, 11) is 0. The first-order valence-electron chi connectivity index (χ1n) is 4.93. The molecule has 15 heavy (non-hydrogen) atoms. The van der Waals surface area contributed by atoms with E-state index in [0.29, 0.717) is 10.3 Å². The Hall–Kier alpha value is -0.640. The molecule has 4 heteroatoms. The number of hydrogen-bond acceptors (Lipinski definition) is 2. The highest BCUT2D eigenvalue weighted by Crippen LogP contribution is 2.20. The Morgan fingerprint density at radius 2 is 2.13 bits per heavy atom. The van der Waals surface area contributed by atoms with Crippen LogP contribution in [0.2, 0.25) is 0 Å². The van der Waals surface area contributed by atoms with Gasteiger partial charge < -0.3 is 5.32 Å². The second kappa shape index (κ2) is 4.92. The molecule has 84 valence electrons. The molecule has 1 aromatic rings. The number of pyridine rings is 1. The van der Waals surface area contributed by atoms with E-state index in [1.54, 1.807) is 6.20 Å². The maximum absolute atomic E-state index is 13.3. The van der Waals surface area contributed by atoms with E-state index >= 15 is 0 Å². The molecule has 0 aromatic carbocycles. The van der Waals surface area contributed by atoms with Gasteiger partial charge in [0, 0.05) is 17.2 Å². The van der Waals surface area contributed by atoms with E-state index in [4.69, 9.17) is 0 Å². The quantitative estimate of drug-likeness (QED) is 0.906. The minimum atomic E-state index is -0.321. The lowest BCUT2D eigenvalue weighted by Crippen LogP contribution is -2.14. The van der Waals surface area contributed by atoms with Gasteiger partial charge in [-0.2, -0.15) is 0 Å². The predicted molar refractivity (Wildman–Crippen MR) is 64.5 cm³/mol. The second-order valence-corrected chi connectivity index (χ2v) is 5.64. The summed E-state index contributed by atoms with van der Waals surface area (Å²) in [5, 5.41) is 2.99. The van der Waals surface area contributed by atoms with Gasteiger partial charge in [0.15, 0.2) is 11.6 Å². The van der Waals surface area contributed by atoms with Crippen LogP contribution in [-0.2, 0) is 0 Å². The average Bonchev–Trinajstić information content (AvgIpc) is 2.07. The summed E-state index contributed by atoms with van der Waals surface area (Å²) in [6.45, 7) is 7.19. The first kappa shape index (κ1) is 12.4. The molecular weight excluding hydrogens is 259 g/mol. The molecule has 1 aromatic heterocycles. The van der Waals surface area contributed by atoms with Gasteiger partial charge in [0.2, 0.25) is 0 Å². The lowest BCUT2D eigenvalue weighted by molar-refractivity contribution is 0.389. The first-order valence-corrected chi connectivity index (χ1v) is 5.73. The summed E-state index contributed by atoms with van der Waals surface area (Å²) in [5.74, 6) is 0.000680. The van der Waals surface area contributed by atoms with Gasteiger partial charge in [0.25, 0.3) is 0 Å². The van der Waals surface area contributed by atoms with Crippen LogP contribution in [0.3, 0.4) is 0 Å². The van der Waals surface area contributed by atoms with Crippen LogP contribution in [-0.4, -0.2) is 11.5 Å². The molecule has 0 atom stereocenters. The smallest absolute Gasteiger partial charge is 0.166 e. The highest BCUT2D eigenvalue weighted by atomic mass is 79.9. The molecule has 0 saturated heterocycles. The fourth-order valence-corrected chi connectivity index (χ4v) is 1.40. The van der Waals surface area contributed by atoms with Gasteiger partial charge in [-0.3, -0.25) is 0 Å². The van der Waals surface area contributed by atoms with E-state index < -0.39 is 0 Å². The number of nitrogens with one attached hydrogen (secondary N) is 1. The van der Waals surface area contributed by atoms with E-state index in [9.17, 15) is 4.39 Å². The monoisotopic (exact) mass is 274 g/mol. The van der Waals surface area contributed by atoms with Crippen LogP contribution in [0.15, 0.2) is 16.7 Å². The van der Waals surface area contributed by atoms with Crippen molar-refractivity contribution in [3.63, 3.8) is 0 Å². The van der Waals surface area contributed by atoms with Gasteiger partial charge in [-0.25, -0.2) is 9.37 Å². The molecule has 1 heterocycles. The highest BCUT2D eigenvalue weighted by Gasteiger charge is 2.10. The summed E-state index contributed by atoms with van der Waals surface area (Å²) in [4.78, 5) is 3.96. The topological polar surface area (TPSA) is 24.9 Å². The van der Waals surface area contributed by atoms with Crippen molar-refractivity contribution in [3.05, 3.63) is 22.6 Å². The van der Waals surface area contributed by atoms with Crippen molar-refractivity contribution < 1.29 is 4.39 Å². The second-order valence-electron chi connectivity index (χ2n) is 4.72. The number of halogens is 2. The third-order valence-corrected chi connectivity index (χ3v) is 2.41. The zero-order valence-electron chi connectivity index (χ0n) is 9.27. The van der Waals surface area contributed by atoms with Crippen molar-refractivity contribution in [2.75, 3.05) is 11.9 Å². The molecule has 0 bridgehead atoms.